The maximum atomic E-state index is 12.7. The van der Waals surface area contributed by atoms with Gasteiger partial charge in [-0.05, 0) is 56.5 Å². The van der Waals surface area contributed by atoms with Crippen molar-refractivity contribution in [1.29, 1.82) is 0 Å². The first kappa shape index (κ1) is 22.5. The molecule has 1 unspecified atom stereocenters. The van der Waals surface area contributed by atoms with E-state index >= 15 is 0 Å². The van der Waals surface area contributed by atoms with Crippen LogP contribution in [0.25, 0.3) is 0 Å². The van der Waals surface area contributed by atoms with Gasteiger partial charge in [0.25, 0.3) is 5.69 Å². The Balaban J connectivity index is 1.91. The van der Waals surface area contributed by atoms with Crippen molar-refractivity contribution in [3.05, 3.63) is 75.1 Å². The molecule has 2 aromatic carbocycles. The van der Waals surface area contributed by atoms with E-state index in [1.54, 1.807) is 0 Å². The molecule has 10 nitrogen and oxygen atoms in total. The third-order valence-corrected chi connectivity index (χ3v) is 5.00. The number of carbonyl (C=O) groups excluding carboxylic acids is 1. The number of rotatable bonds is 7. The molecule has 0 bridgehead atoms. The van der Waals surface area contributed by atoms with E-state index in [0.717, 1.165) is 21.4 Å². The van der Waals surface area contributed by atoms with Crippen molar-refractivity contribution in [3.63, 3.8) is 0 Å². The number of hydrogen-bond donors (Lipinski definition) is 2. The second kappa shape index (κ2) is 8.88. The maximum Gasteiger partial charge on any atom is 0.354 e. The van der Waals surface area contributed by atoms with Crippen LogP contribution in [0, 0.1) is 30.9 Å². The summed E-state index contributed by atoms with van der Waals surface area (Å²) in [4.78, 5) is 34.8. The Morgan fingerprint density at radius 1 is 1.19 bits per heavy atom. The average molecular weight is 438 g/mol. The molecule has 0 saturated heterocycles. The molecule has 32 heavy (non-hydrogen) atoms. The molecule has 0 aliphatic carbocycles. The molecular formula is C22H22N4O6. The number of nitrogens with zero attached hydrogens (tertiary/aromatic N) is 3. The van der Waals surface area contributed by atoms with E-state index < -0.39 is 22.8 Å². The van der Waals surface area contributed by atoms with Gasteiger partial charge in [-0.15, -0.1) is 0 Å². The molecule has 0 spiro atoms. The Morgan fingerprint density at radius 3 is 2.56 bits per heavy atom. The van der Waals surface area contributed by atoms with Crippen molar-refractivity contribution in [1.82, 2.24) is 9.78 Å². The number of nitrogens with one attached hydrogen (secondary N) is 1. The molecule has 0 radical (unpaired) electrons. The average Bonchev–Trinajstić information content (AvgIpc) is 3.21. The van der Waals surface area contributed by atoms with Crippen molar-refractivity contribution in [2.24, 2.45) is 0 Å². The summed E-state index contributed by atoms with van der Waals surface area (Å²) in [6.07, 6.45) is 1.28. The van der Waals surface area contributed by atoms with Crippen LogP contribution < -0.4 is 10.1 Å². The van der Waals surface area contributed by atoms with Gasteiger partial charge in [0.2, 0.25) is 5.91 Å². The molecule has 166 valence electrons. The molecule has 0 aliphatic heterocycles. The number of carbonyl (C=O) groups is 2. The lowest BCUT2D eigenvalue weighted by Gasteiger charge is -2.16. The zero-order chi connectivity index (χ0) is 23.6. The highest BCUT2D eigenvalue weighted by Crippen LogP contribution is 2.33. The van der Waals surface area contributed by atoms with Crippen molar-refractivity contribution in [2.45, 2.75) is 33.7 Å². The van der Waals surface area contributed by atoms with E-state index in [0.29, 0.717) is 5.75 Å². The lowest BCUT2D eigenvalue weighted by atomic mass is 10.1. The monoisotopic (exact) mass is 438 g/mol. The van der Waals surface area contributed by atoms with Gasteiger partial charge in [-0.1, -0.05) is 6.07 Å². The number of aromatic nitrogens is 2. The standard InChI is InChI=1S/C22H22N4O6/c1-12-7-13(2)14(3)20(8-12)32-18-10-16(9-17(11-18)26(30)31)24-21(27)15(4)25-19(22(28)29)5-6-23-25/h5-11,15H,1-4H3,(H,24,27)(H,28,29). The van der Waals surface area contributed by atoms with Crippen molar-refractivity contribution in [3.8, 4) is 11.5 Å². The number of anilines is 1. The highest BCUT2D eigenvalue weighted by Gasteiger charge is 2.22. The number of non-ortho nitro benzene ring substituents is 1. The van der Waals surface area contributed by atoms with Crippen molar-refractivity contribution in [2.75, 3.05) is 5.32 Å². The Morgan fingerprint density at radius 2 is 1.91 bits per heavy atom. The van der Waals surface area contributed by atoms with E-state index in [9.17, 15) is 24.8 Å². The van der Waals surface area contributed by atoms with E-state index in [2.05, 4.69) is 10.4 Å². The molecular weight excluding hydrogens is 416 g/mol. The van der Waals surface area contributed by atoms with E-state index in [4.69, 9.17) is 4.74 Å². The predicted octanol–water partition coefficient (Wildman–Crippen LogP) is 4.41. The number of aryl methyl sites for hydroxylation is 2. The van der Waals surface area contributed by atoms with Crippen LogP contribution in [0.2, 0.25) is 0 Å². The zero-order valence-corrected chi connectivity index (χ0v) is 17.9. The Bertz CT molecular complexity index is 1220. The number of hydrogen-bond acceptors (Lipinski definition) is 6. The van der Waals surface area contributed by atoms with E-state index in [1.807, 2.05) is 32.9 Å². The molecule has 10 heteroatoms. The van der Waals surface area contributed by atoms with Crippen LogP contribution in [-0.2, 0) is 4.79 Å². The van der Waals surface area contributed by atoms with Gasteiger partial charge in [0.1, 0.15) is 23.2 Å². The summed E-state index contributed by atoms with van der Waals surface area (Å²) in [5.41, 5.74) is 2.60. The summed E-state index contributed by atoms with van der Waals surface area (Å²) in [5.74, 6) is -1.08. The summed E-state index contributed by atoms with van der Waals surface area (Å²) in [7, 11) is 0. The third-order valence-electron chi connectivity index (χ3n) is 5.00. The summed E-state index contributed by atoms with van der Waals surface area (Å²) >= 11 is 0. The molecule has 1 aromatic heterocycles. The van der Waals surface area contributed by atoms with Crippen LogP contribution in [0.5, 0.6) is 11.5 Å². The van der Waals surface area contributed by atoms with Gasteiger partial charge in [0, 0.05) is 18.3 Å². The first-order valence-electron chi connectivity index (χ1n) is 9.69. The van der Waals surface area contributed by atoms with Crippen LogP contribution in [-0.4, -0.2) is 31.7 Å². The molecule has 2 N–H and O–H groups in total. The minimum Gasteiger partial charge on any atom is -0.477 e. The molecule has 3 aromatic rings. The third kappa shape index (κ3) is 4.75. The van der Waals surface area contributed by atoms with Gasteiger partial charge in [-0.3, -0.25) is 14.9 Å². The SMILES string of the molecule is Cc1cc(C)c(C)c(Oc2cc(NC(=O)C(C)n3nccc3C(=O)O)cc([N+](=O)[O-])c2)c1. The van der Waals surface area contributed by atoms with Crippen LogP contribution in [0.15, 0.2) is 42.6 Å². The number of benzene rings is 2. The van der Waals surface area contributed by atoms with Crippen molar-refractivity contribution >= 4 is 23.3 Å². The van der Waals surface area contributed by atoms with Crippen LogP contribution >= 0.6 is 0 Å². The number of carboxylic acids is 1. The van der Waals surface area contributed by atoms with Gasteiger partial charge in [-0.25, -0.2) is 9.48 Å². The van der Waals surface area contributed by atoms with E-state index in [1.165, 1.54) is 37.4 Å². The quantitative estimate of drug-likeness (QED) is 0.412. The maximum absolute atomic E-state index is 12.7. The molecule has 1 heterocycles. The number of nitro benzene ring substituents is 1. The molecule has 1 amide bonds. The predicted molar refractivity (Wildman–Crippen MR) is 116 cm³/mol. The highest BCUT2D eigenvalue weighted by atomic mass is 16.6. The molecule has 0 aliphatic rings. The lowest BCUT2D eigenvalue weighted by molar-refractivity contribution is -0.384. The van der Waals surface area contributed by atoms with E-state index in [-0.39, 0.29) is 22.8 Å². The molecule has 3 rings (SSSR count). The van der Waals surface area contributed by atoms with Gasteiger partial charge < -0.3 is 15.2 Å². The van der Waals surface area contributed by atoms with Crippen LogP contribution in [0.3, 0.4) is 0 Å². The summed E-state index contributed by atoms with van der Waals surface area (Å²) in [6, 6.07) is 8.07. The van der Waals surface area contributed by atoms with Crippen LogP contribution in [0.4, 0.5) is 11.4 Å². The first-order chi connectivity index (χ1) is 15.1. The molecule has 0 fully saturated rings. The van der Waals surface area contributed by atoms with Crippen molar-refractivity contribution < 1.29 is 24.4 Å². The summed E-state index contributed by atoms with van der Waals surface area (Å²) in [6.45, 7) is 7.22. The fraction of sp³-hybridized carbons (Fsp3) is 0.227. The number of amides is 1. The fourth-order valence-electron chi connectivity index (χ4n) is 3.20. The Kier molecular flexibility index (Phi) is 6.24. The smallest absolute Gasteiger partial charge is 0.354 e. The van der Waals surface area contributed by atoms with Crippen LogP contribution in [0.1, 0.15) is 40.1 Å². The second-order valence-corrected chi connectivity index (χ2v) is 7.41. The van der Waals surface area contributed by atoms with Gasteiger partial charge in [0.15, 0.2) is 0 Å². The number of nitro groups is 1. The number of aromatic carboxylic acids is 1. The highest BCUT2D eigenvalue weighted by molar-refractivity contribution is 5.95. The number of ether oxygens (including phenoxy) is 1. The summed E-state index contributed by atoms with van der Waals surface area (Å²) < 4.78 is 6.98. The first-order valence-corrected chi connectivity index (χ1v) is 9.69. The minimum atomic E-state index is -1.22. The van der Waals surface area contributed by atoms with Gasteiger partial charge >= 0.3 is 5.97 Å². The number of carboxylic acid groups (broad SMARTS) is 1. The van der Waals surface area contributed by atoms with Gasteiger partial charge in [-0.2, -0.15) is 5.10 Å². The Labute approximate surface area is 183 Å². The second-order valence-electron chi connectivity index (χ2n) is 7.41. The molecule has 0 saturated carbocycles. The lowest BCUT2D eigenvalue weighted by Crippen LogP contribution is -2.26. The summed E-state index contributed by atoms with van der Waals surface area (Å²) in [5, 5.41) is 27.1. The largest absolute Gasteiger partial charge is 0.477 e. The zero-order valence-electron chi connectivity index (χ0n) is 17.9. The topological polar surface area (TPSA) is 137 Å². The minimum absolute atomic E-state index is 0.136. The van der Waals surface area contributed by atoms with Gasteiger partial charge in [0.05, 0.1) is 16.7 Å². The normalized spacial score (nSPS) is 11.6. The Hall–Kier alpha value is -4.21. The fourth-order valence-corrected chi connectivity index (χ4v) is 3.20. The molecule has 1 atom stereocenters.